The minimum atomic E-state index is -0.829. The van der Waals surface area contributed by atoms with E-state index in [4.69, 9.17) is 5.11 Å². The molecule has 2 nitrogen and oxygen atoms in total. The van der Waals surface area contributed by atoms with Crippen LogP contribution in [-0.4, -0.2) is 16.4 Å². The van der Waals surface area contributed by atoms with Crippen molar-refractivity contribution in [1.82, 2.24) is 0 Å². The fourth-order valence-electron chi connectivity index (χ4n) is 0. The summed E-state index contributed by atoms with van der Waals surface area (Å²) in [4.78, 5) is 9.32. The van der Waals surface area contributed by atoms with Crippen LogP contribution in [0.3, 0.4) is 0 Å². The Morgan fingerprint density at radius 3 is 2.00 bits per heavy atom. The Balaban J connectivity index is 0. The van der Waals surface area contributed by atoms with Crippen LogP contribution in [0.2, 0.25) is 0 Å². The van der Waals surface area contributed by atoms with Gasteiger partial charge in [0.25, 0.3) is 0 Å². The molecule has 0 saturated carbocycles. The maximum Gasteiger partial charge on any atom is 0.314 e. The van der Waals surface area contributed by atoms with E-state index in [1.807, 2.05) is 0 Å². The van der Waals surface area contributed by atoms with Crippen LogP contribution < -0.4 is 0 Å². The fourth-order valence-corrected chi connectivity index (χ4v) is 0. The van der Waals surface area contributed by atoms with Crippen molar-refractivity contribution in [2.75, 3.05) is 5.33 Å². The molecule has 0 aromatic carbocycles. The van der Waals surface area contributed by atoms with Gasteiger partial charge in [-0.05, 0) is 0 Å². The Bertz CT molecular complexity index is 46.8. The van der Waals surface area contributed by atoms with Crippen molar-refractivity contribution in [3.63, 3.8) is 0 Å². The van der Waals surface area contributed by atoms with Gasteiger partial charge in [0.2, 0.25) is 0 Å². The molecule has 0 aliphatic rings. The molecule has 0 rings (SSSR count). The van der Waals surface area contributed by atoms with E-state index in [0.29, 0.717) is 0 Å². The quantitative estimate of drug-likeness (QED) is 0.662. The molecule has 0 heterocycles. The van der Waals surface area contributed by atoms with Crippen molar-refractivity contribution in [3.8, 4) is 0 Å². The van der Waals surface area contributed by atoms with Gasteiger partial charge in [-0.2, -0.15) is 0 Å². The first-order valence-electron chi connectivity index (χ1n) is 1.05. The van der Waals surface area contributed by atoms with E-state index in [2.05, 4.69) is 15.9 Å². The monoisotopic (exact) mass is 227 g/mol. The first-order chi connectivity index (χ1) is 2.27. The molecule has 0 aromatic heterocycles. The van der Waals surface area contributed by atoms with Gasteiger partial charge in [-0.25, -0.2) is 0 Å². The number of hydrogen-bond acceptors (Lipinski definition) is 1. The van der Waals surface area contributed by atoms with Gasteiger partial charge in [-0.1, -0.05) is 15.9 Å². The molecular weight excluding hydrogens is 225 g/mol. The summed E-state index contributed by atoms with van der Waals surface area (Å²) < 4.78 is 0. The van der Waals surface area contributed by atoms with Crippen molar-refractivity contribution in [3.05, 3.63) is 0 Å². The molecule has 0 spiro atoms. The summed E-state index contributed by atoms with van der Waals surface area (Å²) in [6.45, 7) is 0. The molecule has 0 aliphatic carbocycles. The zero-order valence-corrected chi connectivity index (χ0v) is 7.44. The number of alkyl halides is 1. The Labute approximate surface area is 69.3 Å². The van der Waals surface area contributed by atoms with Crippen molar-refractivity contribution in [2.24, 2.45) is 0 Å². The first-order valence-corrected chi connectivity index (χ1v) is 2.17. The van der Waals surface area contributed by atoms with Crippen LogP contribution in [0.4, 0.5) is 0 Å². The van der Waals surface area contributed by atoms with Crippen molar-refractivity contribution in [2.45, 2.75) is 0 Å². The summed E-state index contributed by atoms with van der Waals surface area (Å²) in [6.07, 6.45) is 0. The van der Waals surface area contributed by atoms with Crippen LogP contribution in [0, 0.1) is 0 Å². The average molecular weight is 228 g/mol. The zero-order chi connectivity index (χ0) is 4.28. The normalized spacial score (nSPS) is 6.17. The minimum absolute atomic E-state index is 0. The number of carboxylic acid groups (broad SMARTS) is 1. The number of halogens is 1. The van der Waals surface area contributed by atoms with Crippen LogP contribution in [0.5, 0.6) is 0 Å². The summed E-state index contributed by atoms with van der Waals surface area (Å²) >= 11 is 2.71. The number of carboxylic acids is 1. The number of carbonyl (C=O) groups is 1. The molecule has 4 heteroatoms. The smallest absolute Gasteiger partial charge is 0.314 e. The van der Waals surface area contributed by atoms with E-state index in [0.717, 1.165) is 0 Å². The second-order valence-electron chi connectivity index (χ2n) is 0.527. The molecule has 6 heavy (non-hydrogen) atoms. The molecule has 0 aliphatic heterocycles. The van der Waals surface area contributed by atoms with E-state index in [1.165, 1.54) is 0 Å². The maximum absolute atomic E-state index is 9.32. The molecule has 0 unspecified atom stereocenters. The summed E-state index contributed by atoms with van der Waals surface area (Å²) in [5.74, 6) is -0.829. The molecule has 0 atom stereocenters. The largest absolute Gasteiger partial charge is 0.481 e. The van der Waals surface area contributed by atoms with Gasteiger partial charge < -0.3 is 5.11 Å². The van der Waals surface area contributed by atoms with Crippen LogP contribution in [0.1, 0.15) is 0 Å². The topological polar surface area (TPSA) is 37.3 Å². The molecule has 0 aromatic rings. The van der Waals surface area contributed by atoms with E-state index in [-0.39, 0.29) is 38.0 Å². The van der Waals surface area contributed by atoms with Gasteiger partial charge in [0.1, 0.15) is 5.33 Å². The standard InChI is InChI=1S/C2H3BrO2.Y/c3-1-2(4)5;/h1H2,(H,4,5);. The molecule has 1 N–H and O–H groups in total. The van der Waals surface area contributed by atoms with Crippen molar-refractivity contribution in [1.29, 1.82) is 0 Å². The Kier molecular flexibility index (Phi) is 10.2. The number of aliphatic carboxylic acids is 1. The predicted molar refractivity (Wildman–Crippen MR) is 21.4 cm³/mol. The SMILES string of the molecule is O=C(O)CBr.[Y]. The Morgan fingerprint density at radius 2 is 2.00 bits per heavy atom. The summed E-state index contributed by atoms with van der Waals surface area (Å²) in [6, 6.07) is 0. The van der Waals surface area contributed by atoms with Crippen LogP contribution in [0.25, 0.3) is 0 Å². The second-order valence-corrected chi connectivity index (χ2v) is 1.09. The second kappa shape index (κ2) is 6.05. The average Bonchev–Trinajstić information content (AvgIpc) is 1.38. The Hall–Kier alpha value is 1.05. The van der Waals surface area contributed by atoms with E-state index in [9.17, 15) is 4.79 Å². The number of hydrogen-bond donors (Lipinski definition) is 1. The minimum Gasteiger partial charge on any atom is -0.481 e. The molecule has 1 radical (unpaired) electrons. The van der Waals surface area contributed by atoms with Gasteiger partial charge in [-0.15, -0.1) is 0 Å². The van der Waals surface area contributed by atoms with Gasteiger partial charge in [0, 0.05) is 32.7 Å². The fraction of sp³-hybridized carbons (Fsp3) is 0.500. The summed E-state index contributed by atoms with van der Waals surface area (Å²) in [5.41, 5.74) is 0. The molecule has 0 amide bonds. The third kappa shape index (κ3) is 8.91. The molecular formula is C2H3BrO2Y. The van der Waals surface area contributed by atoms with Crippen molar-refractivity contribution >= 4 is 21.9 Å². The van der Waals surface area contributed by atoms with Crippen LogP contribution in [0.15, 0.2) is 0 Å². The predicted octanol–water partition coefficient (Wildman–Crippen LogP) is 0.463. The molecule has 33 valence electrons. The summed E-state index contributed by atoms with van der Waals surface area (Å²) in [7, 11) is 0. The molecule has 0 bridgehead atoms. The van der Waals surface area contributed by atoms with Gasteiger partial charge in [0.15, 0.2) is 0 Å². The molecule has 0 fully saturated rings. The van der Waals surface area contributed by atoms with Gasteiger partial charge in [-0.3, -0.25) is 4.79 Å². The van der Waals surface area contributed by atoms with Crippen molar-refractivity contribution < 1.29 is 42.6 Å². The summed E-state index contributed by atoms with van der Waals surface area (Å²) in [5, 5.41) is 7.71. The van der Waals surface area contributed by atoms with Crippen LogP contribution in [-0.2, 0) is 37.5 Å². The van der Waals surface area contributed by atoms with Gasteiger partial charge >= 0.3 is 5.97 Å². The van der Waals surface area contributed by atoms with E-state index >= 15 is 0 Å². The van der Waals surface area contributed by atoms with Crippen LogP contribution >= 0.6 is 15.9 Å². The molecule has 0 saturated heterocycles. The third-order valence-corrected chi connectivity index (χ3v) is 0.594. The Morgan fingerprint density at radius 1 is 1.83 bits per heavy atom. The third-order valence-electron chi connectivity index (χ3n) is 0.114. The zero-order valence-electron chi connectivity index (χ0n) is 3.02. The number of rotatable bonds is 1. The van der Waals surface area contributed by atoms with E-state index < -0.39 is 5.97 Å². The maximum atomic E-state index is 9.32. The first kappa shape index (κ1) is 10.1. The van der Waals surface area contributed by atoms with Gasteiger partial charge in [0.05, 0.1) is 0 Å². The van der Waals surface area contributed by atoms with E-state index in [1.54, 1.807) is 0 Å².